The molecule has 0 aromatic carbocycles. The Morgan fingerprint density at radius 2 is 2.20 bits per heavy atom. The summed E-state index contributed by atoms with van der Waals surface area (Å²) in [5.74, 6) is 0. The largest absolute Gasteiger partial charge is 0.504 e. The van der Waals surface area contributed by atoms with Crippen molar-refractivity contribution in [3.05, 3.63) is 36.6 Å². The molecule has 0 aromatic heterocycles. The molecule has 0 saturated heterocycles. The van der Waals surface area contributed by atoms with Crippen LogP contribution in [0, 0.1) is 0 Å². The van der Waals surface area contributed by atoms with Gasteiger partial charge < -0.3 is 4.74 Å². The molecule has 1 nitrogen and oxygen atoms in total. The number of hydrogen-bond donors (Lipinski definition) is 0. The lowest BCUT2D eigenvalue weighted by molar-refractivity contribution is 0.338. The second kappa shape index (κ2) is 6.14. The molecule has 0 aliphatic heterocycles. The van der Waals surface area contributed by atoms with E-state index in [1.807, 2.05) is 18.2 Å². The quantitative estimate of drug-likeness (QED) is 0.428. The standard InChI is InChI=1S/C9H14O/c1-4-9(2)7-5-6-8-10-3/h5-8H,2,4H2,1,3H3/b7-5-,8-6+. The highest BCUT2D eigenvalue weighted by Gasteiger charge is 1.76. The molecule has 0 amide bonds. The zero-order chi connectivity index (χ0) is 7.82. The minimum absolute atomic E-state index is 0.997. The number of ether oxygens (including phenoxy) is 1. The van der Waals surface area contributed by atoms with Gasteiger partial charge >= 0.3 is 0 Å². The molecule has 0 atom stereocenters. The summed E-state index contributed by atoms with van der Waals surface area (Å²) in [5, 5.41) is 0. The SMILES string of the molecule is C=C(/C=C\C=C\OC)CC. The first-order valence-corrected chi connectivity index (χ1v) is 3.35. The molecule has 0 unspecified atom stereocenters. The van der Waals surface area contributed by atoms with Crippen molar-refractivity contribution >= 4 is 0 Å². The van der Waals surface area contributed by atoms with Crippen LogP contribution >= 0.6 is 0 Å². The molecule has 0 heterocycles. The topological polar surface area (TPSA) is 9.23 Å². The average molecular weight is 138 g/mol. The maximum absolute atomic E-state index is 4.70. The Bertz CT molecular complexity index is 143. The van der Waals surface area contributed by atoms with Crippen LogP contribution in [-0.2, 0) is 4.74 Å². The van der Waals surface area contributed by atoms with Crippen LogP contribution in [0.5, 0.6) is 0 Å². The van der Waals surface area contributed by atoms with Crippen molar-refractivity contribution < 1.29 is 4.74 Å². The molecule has 0 aromatic rings. The third-order valence-corrected chi connectivity index (χ3v) is 1.11. The molecule has 0 saturated carbocycles. The number of allylic oxidation sites excluding steroid dienone is 4. The molecule has 0 N–H and O–H groups in total. The van der Waals surface area contributed by atoms with Gasteiger partial charge in [0.2, 0.25) is 0 Å². The lowest BCUT2D eigenvalue weighted by atomic mass is 10.2. The van der Waals surface area contributed by atoms with E-state index in [1.54, 1.807) is 13.4 Å². The molecule has 1 heteroatoms. The minimum atomic E-state index is 0.997. The van der Waals surface area contributed by atoms with Crippen molar-refractivity contribution in [3.63, 3.8) is 0 Å². The van der Waals surface area contributed by atoms with Crippen LogP contribution in [0.1, 0.15) is 13.3 Å². The molecule has 0 rings (SSSR count). The van der Waals surface area contributed by atoms with Gasteiger partial charge in [-0.3, -0.25) is 0 Å². The van der Waals surface area contributed by atoms with E-state index in [0.29, 0.717) is 0 Å². The van der Waals surface area contributed by atoms with E-state index in [2.05, 4.69) is 13.5 Å². The van der Waals surface area contributed by atoms with Gasteiger partial charge in [0.25, 0.3) is 0 Å². The molecule has 56 valence electrons. The van der Waals surface area contributed by atoms with Gasteiger partial charge in [-0.05, 0) is 12.5 Å². The van der Waals surface area contributed by atoms with Crippen molar-refractivity contribution in [2.45, 2.75) is 13.3 Å². The first-order chi connectivity index (χ1) is 4.81. The Kier molecular flexibility index (Phi) is 5.54. The number of rotatable bonds is 4. The van der Waals surface area contributed by atoms with Gasteiger partial charge in [0.15, 0.2) is 0 Å². The van der Waals surface area contributed by atoms with E-state index in [9.17, 15) is 0 Å². The Labute approximate surface area is 62.7 Å². The maximum atomic E-state index is 4.70. The van der Waals surface area contributed by atoms with Crippen molar-refractivity contribution in [3.8, 4) is 0 Å². The average Bonchev–Trinajstić information content (AvgIpc) is 1.98. The minimum Gasteiger partial charge on any atom is -0.504 e. The number of methoxy groups -OCH3 is 1. The summed E-state index contributed by atoms with van der Waals surface area (Å²) >= 11 is 0. The molecular weight excluding hydrogens is 124 g/mol. The Morgan fingerprint density at radius 1 is 1.50 bits per heavy atom. The zero-order valence-electron chi connectivity index (χ0n) is 6.63. The Hall–Kier alpha value is -0.980. The summed E-state index contributed by atoms with van der Waals surface area (Å²) in [4.78, 5) is 0. The van der Waals surface area contributed by atoms with Crippen molar-refractivity contribution in [1.29, 1.82) is 0 Å². The Balaban J connectivity index is 3.55. The summed E-state index contributed by atoms with van der Waals surface area (Å²) in [6.45, 7) is 5.89. The molecule has 0 aliphatic carbocycles. The van der Waals surface area contributed by atoms with Gasteiger partial charge in [0, 0.05) is 0 Å². The molecule has 0 bridgehead atoms. The predicted molar refractivity (Wildman–Crippen MR) is 44.7 cm³/mol. The van der Waals surface area contributed by atoms with Gasteiger partial charge in [0.1, 0.15) is 0 Å². The first-order valence-electron chi connectivity index (χ1n) is 3.35. The van der Waals surface area contributed by atoms with Crippen LogP contribution in [0.15, 0.2) is 36.6 Å². The fourth-order valence-electron chi connectivity index (χ4n) is 0.433. The Morgan fingerprint density at radius 3 is 2.70 bits per heavy atom. The zero-order valence-corrected chi connectivity index (χ0v) is 6.63. The van der Waals surface area contributed by atoms with Crippen LogP contribution in [0.3, 0.4) is 0 Å². The van der Waals surface area contributed by atoms with Gasteiger partial charge in [-0.1, -0.05) is 31.2 Å². The van der Waals surface area contributed by atoms with Gasteiger partial charge in [-0.2, -0.15) is 0 Å². The molecule has 0 aliphatic rings. The van der Waals surface area contributed by atoms with Crippen LogP contribution in [0.4, 0.5) is 0 Å². The lowest BCUT2D eigenvalue weighted by Gasteiger charge is -1.87. The smallest absolute Gasteiger partial charge is 0.0824 e. The molecular formula is C9H14O. The fourth-order valence-corrected chi connectivity index (χ4v) is 0.433. The van der Waals surface area contributed by atoms with Crippen LogP contribution in [0.25, 0.3) is 0 Å². The van der Waals surface area contributed by atoms with Gasteiger partial charge in [0.05, 0.1) is 13.4 Å². The van der Waals surface area contributed by atoms with Crippen LogP contribution in [-0.4, -0.2) is 7.11 Å². The van der Waals surface area contributed by atoms with Gasteiger partial charge in [-0.25, -0.2) is 0 Å². The second-order valence-corrected chi connectivity index (χ2v) is 1.94. The normalized spacial score (nSPS) is 11.0. The van der Waals surface area contributed by atoms with E-state index in [0.717, 1.165) is 12.0 Å². The highest BCUT2D eigenvalue weighted by Crippen LogP contribution is 1.97. The van der Waals surface area contributed by atoms with Crippen molar-refractivity contribution in [2.24, 2.45) is 0 Å². The summed E-state index contributed by atoms with van der Waals surface area (Å²) in [7, 11) is 1.62. The van der Waals surface area contributed by atoms with E-state index < -0.39 is 0 Å². The van der Waals surface area contributed by atoms with E-state index in [-0.39, 0.29) is 0 Å². The first kappa shape index (κ1) is 9.02. The number of hydrogen-bond acceptors (Lipinski definition) is 1. The summed E-state index contributed by atoms with van der Waals surface area (Å²) in [5.41, 5.74) is 1.13. The van der Waals surface area contributed by atoms with Crippen LogP contribution in [0.2, 0.25) is 0 Å². The highest BCUT2D eigenvalue weighted by molar-refractivity contribution is 5.17. The van der Waals surface area contributed by atoms with E-state index in [1.165, 1.54) is 0 Å². The van der Waals surface area contributed by atoms with Gasteiger partial charge in [-0.15, -0.1) is 0 Å². The molecule has 10 heavy (non-hydrogen) atoms. The molecule has 0 radical (unpaired) electrons. The molecule has 0 spiro atoms. The monoisotopic (exact) mass is 138 g/mol. The predicted octanol–water partition coefficient (Wildman–Crippen LogP) is 2.67. The third kappa shape index (κ3) is 5.16. The highest BCUT2D eigenvalue weighted by atomic mass is 16.5. The third-order valence-electron chi connectivity index (χ3n) is 1.11. The van der Waals surface area contributed by atoms with E-state index in [4.69, 9.17) is 4.74 Å². The maximum Gasteiger partial charge on any atom is 0.0824 e. The molecule has 0 fully saturated rings. The summed E-state index contributed by atoms with van der Waals surface area (Å²) < 4.78 is 4.70. The van der Waals surface area contributed by atoms with Crippen molar-refractivity contribution in [2.75, 3.05) is 7.11 Å². The fraction of sp³-hybridized carbons (Fsp3) is 0.333. The second-order valence-electron chi connectivity index (χ2n) is 1.94. The summed E-state index contributed by atoms with van der Waals surface area (Å²) in [6.07, 6.45) is 8.34. The summed E-state index contributed by atoms with van der Waals surface area (Å²) in [6, 6.07) is 0. The van der Waals surface area contributed by atoms with Crippen molar-refractivity contribution in [1.82, 2.24) is 0 Å². The lowest BCUT2D eigenvalue weighted by Crippen LogP contribution is -1.67. The van der Waals surface area contributed by atoms with Crippen LogP contribution < -0.4 is 0 Å². The van der Waals surface area contributed by atoms with E-state index >= 15 is 0 Å².